The summed E-state index contributed by atoms with van der Waals surface area (Å²) in [6, 6.07) is 19.8. The maximum Gasteiger partial charge on any atom is 0.238 e. The van der Waals surface area contributed by atoms with Gasteiger partial charge in [0.15, 0.2) is 23.1 Å². The fraction of sp³-hybridized carbons (Fsp3) is 0.565. The molecule has 2 amide bonds. The van der Waals surface area contributed by atoms with E-state index < -0.39 is 23.1 Å². The average Bonchev–Trinajstić information content (AvgIpc) is 3.47. The molecule has 0 spiro atoms. The number of carbonyl (C=O) groups excluding carboxylic acids is 6. The Kier molecular flexibility index (Phi) is 27.8. The molecule has 2 aliphatic carbocycles. The molecular weight excluding hydrogens is 967 g/mol. The summed E-state index contributed by atoms with van der Waals surface area (Å²) in [5.41, 5.74) is 2.07. The Morgan fingerprint density at radius 3 is 0.923 bits per heavy atom. The number of benzene rings is 4. The largest absolute Gasteiger partial charge is 0.325 e. The number of hydrogen-bond acceptors (Lipinski definition) is 7. The van der Waals surface area contributed by atoms with E-state index in [9.17, 15) is 28.8 Å². The van der Waals surface area contributed by atoms with Crippen LogP contribution in [0.2, 0.25) is 0 Å². The summed E-state index contributed by atoms with van der Waals surface area (Å²) in [6.45, 7) is 5.25. The number of fused-ring (bicyclic) bond motifs is 4. The Balaban J connectivity index is 1.02. The Morgan fingerprint density at radius 1 is 0.308 bits per heavy atom. The molecule has 0 aliphatic heterocycles. The van der Waals surface area contributed by atoms with Crippen LogP contribution >= 0.6 is 0 Å². The monoisotopic (exact) mass is 1060 g/mol. The van der Waals surface area contributed by atoms with Crippen LogP contribution in [-0.4, -0.2) is 48.0 Å². The van der Waals surface area contributed by atoms with Crippen molar-refractivity contribution in [3.8, 4) is 11.1 Å². The lowest BCUT2D eigenvalue weighted by atomic mass is 9.75. The molecule has 78 heavy (non-hydrogen) atoms. The summed E-state index contributed by atoms with van der Waals surface area (Å²) in [5.74, 6) is -2.29. The zero-order chi connectivity index (χ0) is 55.2. The third kappa shape index (κ3) is 18.8. The molecule has 4 aromatic rings. The zero-order valence-electron chi connectivity index (χ0n) is 48.0. The molecule has 9 heteroatoms. The van der Waals surface area contributed by atoms with E-state index in [2.05, 4.69) is 29.8 Å². The molecule has 422 valence electrons. The van der Waals surface area contributed by atoms with Gasteiger partial charge in [0.25, 0.3) is 0 Å². The Hall–Kier alpha value is -5.54. The van der Waals surface area contributed by atoms with Gasteiger partial charge in [-0.2, -0.15) is 0 Å². The summed E-state index contributed by atoms with van der Waals surface area (Å²) in [6.07, 6.45) is 43.6. The lowest BCUT2D eigenvalue weighted by molar-refractivity contribution is -0.116. The van der Waals surface area contributed by atoms with Gasteiger partial charge in [0.1, 0.15) is 0 Å². The van der Waals surface area contributed by atoms with Gasteiger partial charge in [0, 0.05) is 39.8 Å². The number of nitrogens with one attached hydrogen (secondary N) is 3. The highest BCUT2D eigenvalue weighted by molar-refractivity contribution is 6.35. The standard InChI is InChI=1S/C69H95N3O6/c1-3-5-7-9-11-13-15-17-19-21-22-23-25-27-29-31-33-35-45-60(73)71-58-48-46-52(62-64(58)68(77)56-43-38-36-41-54(56)66(62)75)53-47-49-59(65-63(53)67(76)55-42-37-39-44-57(55)69(65)78)72-61(74)51-70-50-40-34-32-30-28-26-24-20-18-16-14-12-10-8-6-4-2/h36-39,41-44,46-49,70H,3-35,40,45,50-51H2,1-2H3,(H,71,73)(H,72,74). The van der Waals surface area contributed by atoms with Gasteiger partial charge in [-0.05, 0) is 42.6 Å². The van der Waals surface area contributed by atoms with Crippen LogP contribution in [0.1, 0.15) is 302 Å². The normalized spacial score (nSPS) is 12.6. The first kappa shape index (κ1) is 61.7. The van der Waals surface area contributed by atoms with Gasteiger partial charge in [-0.15, -0.1) is 0 Å². The summed E-state index contributed by atoms with van der Waals surface area (Å²) < 4.78 is 0. The fourth-order valence-corrected chi connectivity index (χ4v) is 11.7. The zero-order valence-corrected chi connectivity index (χ0v) is 48.0. The van der Waals surface area contributed by atoms with E-state index in [0.29, 0.717) is 13.0 Å². The smallest absolute Gasteiger partial charge is 0.238 e. The van der Waals surface area contributed by atoms with Gasteiger partial charge in [-0.3, -0.25) is 28.8 Å². The number of hydrogen-bond donors (Lipinski definition) is 3. The van der Waals surface area contributed by atoms with Crippen molar-refractivity contribution in [2.75, 3.05) is 23.7 Å². The fourth-order valence-electron chi connectivity index (χ4n) is 11.7. The Labute approximate surface area is 469 Å². The van der Waals surface area contributed by atoms with Crippen LogP contribution in [0.15, 0.2) is 72.8 Å². The molecule has 0 atom stereocenters. The van der Waals surface area contributed by atoms with Gasteiger partial charge in [-0.1, -0.05) is 280 Å². The number of anilines is 2. The van der Waals surface area contributed by atoms with Crippen molar-refractivity contribution in [2.24, 2.45) is 0 Å². The van der Waals surface area contributed by atoms with E-state index in [1.807, 2.05) is 0 Å². The maximum atomic E-state index is 14.7. The SMILES string of the molecule is CCCCCCCCCCCCCCCCCCCCC(=O)Nc1ccc(-c2ccc(NC(=O)CNCCCCCCCCCCCCCCCCCC)c3c2C(=O)c2ccccc2C3=O)c2c1C(=O)c1ccccc1C2=O. The van der Waals surface area contributed by atoms with Crippen LogP contribution in [0.3, 0.4) is 0 Å². The first-order chi connectivity index (χ1) is 38.3. The maximum absolute atomic E-state index is 14.7. The molecule has 0 bridgehead atoms. The number of ketones is 4. The average molecular weight is 1060 g/mol. The first-order valence-corrected chi connectivity index (χ1v) is 31.3. The third-order valence-electron chi connectivity index (χ3n) is 16.2. The van der Waals surface area contributed by atoms with Gasteiger partial charge < -0.3 is 16.0 Å². The van der Waals surface area contributed by atoms with Crippen LogP contribution < -0.4 is 16.0 Å². The van der Waals surface area contributed by atoms with Gasteiger partial charge >= 0.3 is 0 Å². The minimum Gasteiger partial charge on any atom is -0.325 e. The molecule has 0 saturated heterocycles. The van der Waals surface area contributed by atoms with Crippen molar-refractivity contribution in [2.45, 2.75) is 239 Å². The van der Waals surface area contributed by atoms with Crippen molar-refractivity contribution < 1.29 is 28.8 Å². The number of unbranched alkanes of at least 4 members (excludes halogenated alkanes) is 32. The summed E-state index contributed by atoms with van der Waals surface area (Å²) in [7, 11) is 0. The second-order valence-corrected chi connectivity index (χ2v) is 22.6. The highest BCUT2D eigenvalue weighted by Gasteiger charge is 2.39. The summed E-state index contributed by atoms with van der Waals surface area (Å²) in [4.78, 5) is 85.4. The highest BCUT2D eigenvalue weighted by atomic mass is 16.2. The van der Waals surface area contributed by atoms with Crippen molar-refractivity contribution in [1.82, 2.24) is 5.32 Å². The van der Waals surface area contributed by atoms with E-state index in [0.717, 1.165) is 32.1 Å². The second kappa shape index (κ2) is 35.2. The van der Waals surface area contributed by atoms with Crippen molar-refractivity contribution in [3.63, 3.8) is 0 Å². The Bertz CT molecular complexity index is 2390. The summed E-state index contributed by atoms with van der Waals surface area (Å²) in [5, 5.41) is 9.14. The van der Waals surface area contributed by atoms with Crippen LogP contribution in [0.5, 0.6) is 0 Å². The van der Waals surface area contributed by atoms with Crippen LogP contribution in [0.25, 0.3) is 11.1 Å². The summed E-state index contributed by atoms with van der Waals surface area (Å²) >= 11 is 0. The number of rotatable bonds is 41. The molecule has 0 fully saturated rings. The van der Waals surface area contributed by atoms with E-state index in [1.165, 1.54) is 180 Å². The highest BCUT2D eigenvalue weighted by Crippen LogP contribution is 2.44. The van der Waals surface area contributed by atoms with Crippen molar-refractivity contribution >= 4 is 46.3 Å². The van der Waals surface area contributed by atoms with Gasteiger partial charge in [0.05, 0.1) is 29.0 Å². The molecule has 0 saturated carbocycles. The van der Waals surface area contributed by atoms with E-state index in [-0.39, 0.29) is 91.8 Å². The number of carbonyl (C=O) groups is 6. The molecule has 9 nitrogen and oxygen atoms in total. The molecule has 0 aromatic heterocycles. The lowest BCUT2D eigenvalue weighted by Gasteiger charge is -2.26. The van der Waals surface area contributed by atoms with Gasteiger partial charge in [0.2, 0.25) is 11.8 Å². The molecule has 2 aliphatic rings. The second-order valence-electron chi connectivity index (χ2n) is 22.6. The van der Waals surface area contributed by atoms with Crippen LogP contribution in [-0.2, 0) is 9.59 Å². The minimum absolute atomic E-state index is 0.0320. The van der Waals surface area contributed by atoms with E-state index in [1.54, 1.807) is 72.8 Å². The molecular formula is C69H95N3O6. The molecule has 4 aromatic carbocycles. The molecule has 3 N–H and O–H groups in total. The molecule has 0 heterocycles. The topological polar surface area (TPSA) is 139 Å². The molecule has 0 unspecified atom stereocenters. The minimum atomic E-state index is -0.432. The number of amides is 2. The molecule has 6 rings (SSSR count). The van der Waals surface area contributed by atoms with Crippen LogP contribution in [0, 0.1) is 0 Å². The van der Waals surface area contributed by atoms with Crippen molar-refractivity contribution in [1.29, 1.82) is 0 Å². The molecule has 0 radical (unpaired) electrons. The lowest BCUT2D eigenvalue weighted by Crippen LogP contribution is -2.30. The predicted molar refractivity (Wildman–Crippen MR) is 322 cm³/mol. The Morgan fingerprint density at radius 2 is 0.590 bits per heavy atom. The van der Waals surface area contributed by atoms with E-state index >= 15 is 0 Å². The van der Waals surface area contributed by atoms with Gasteiger partial charge in [-0.25, -0.2) is 0 Å². The quantitative estimate of drug-likeness (QED) is 0.0325. The van der Waals surface area contributed by atoms with E-state index in [4.69, 9.17) is 0 Å². The predicted octanol–water partition coefficient (Wildman–Crippen LogP) is 18.1. The van der Waals surface area contributed by atoms with Crippen molar-refractivity contribution in [3.05, 3.63) is 117 Å². The first-order valence-electron chi connectivity index (χ1n) is 31.3. The van der Waals surface area contributed by atoms with Crippen LogP contribution in [0.4, 0.5) is 11.4 Å². The third-order valence-corrected chi connectivity index (χ3v) is 16.2.